The number of H-pyrrole nitrogens is 1. The second-order valence-corrected chi connectivity index (χ2v) is 2.23. The summed E-state index contributed by atoms with van der Waals surface area (Å²) in [5.74, 6) is -0.767. The van der Waals surface area contributed by atoms with Gasteiger partial charge >= 0.3 is 5.97 Å². The van der Waals surface area contributed by atoms with Crippen molar-refractivity contribution in [3.05, 3.63) is 27.9 Å². The molecule has 0 saturated carbocycles. The highest BCUT2D eigenvalue weighted by atomic mass is 35.5. The molecule has 1 aromatic rings. The number of nitrogens with zero attached hydrogens (tertiary/aromatic N) is 1. The number of aromatic nitrogens is 2. The standard InChI is InChI=1S/C7H8N2O3.ClH/c1-2-5-8-3-4(7(11)12)6(10)9-5;/h3H,2H2,1H3,(H,11,12)(H,8,9,10);1H. The van der Waals surface area contributed by atoms with E-state index in [9.17, 15) is 9.59 Å². The second-order valence-electron chi connectivity index (χ2n) is 2.23. The Balaban J connectivity index is 0.00000144. The van der Waals surface area contributed by atoms with E-state index in [1.54, 1.807) is 0 Å². The third-order valence-corrected chi connectivity index (χ3v) is 1.42. The number of halogens is 1. The Kier molecular flexibility index (Phi) is 4.13. The van der Waals surface area contributed by atoms with Crippen molar-refractivity contribution in [1.82, 2.24) is 9.97 Å². The molecular formula is C7H9ClN2O3. The van der Waals surface area contributed by atoms with E-state index < -0.39 is 11.5 Å². The first-order chi connectivity index (χ1) is 5.65. The summed E-state index contributed by atoms with van der Waals surface area (Å²) in [7, 11) is 0. The molecule has 0 aromatic carbocycles. The molecule has 1 rings (SSSR count). The van der Waals surface area contributed by atoms with Gasteiger partial charge in [-0.3, -0.25) is 4.79 Å². The molecule has 0 fully saturated rings. The number of rotatable bonds is 2. The van der Waals surface area contributed by atoms with Crippen LogP contribution in [0, 0.1) is 0 Å². The van der Waals surface area contributed by atoms with Crippen LogP contribution < -0.4 is 5.56 Å². The molecular weight excluding hydrogens is 196 g/mol. The maximum absolute atomic E-state index is 11.0. The highest BCUT2D eigenvalue weighted by molar-refractivity contribution is 5.86. The average molecular weight is 205 g/mol. The third-order valence-electron chi connectivity index (χ3n) is 1.42. The van der Waals surface area contributed by atoms with Gasteiger partial charge in [0.2, 0.25) is 0 Å². The number of aromatic carboxylic acids is 1. The number of hydrogen-bond acceptors (Lipinski definition) is 3. The van der Waals surface area contributed by atoms with Gasteiger partial charge < -0.3 is 10.1 Å². The maximum atomic E-state index is 11.0. The van der Waals surface area contributed by atoms with E-state index in [0.29, 0.717) is 12.2 Å². The van der Waals surface area contributed by atoms with Crippen molar-refractivity contribution >= 4 is 18.4 Å². The Morgan fingerprint density at radius 3 is 2.69 bits per heavy atom. The molecule has 0 atom stereocenters. The number of aromatic amines is 1. The largest absolute Gasteiger partial charge is 0.477 e. The van der Waals surface area contributed by atoms with Gasteiger partial charge in [-0.25, -0.2) is 9.78 Å². The maximum Gasteiger partial charge on any atom is 0.342 e. The van der Waals surface area contributed by atoms with E-state index in [1.165, 1.54) is 0 Å². The summed E-state index contributed by atoms with van der Waals surface area (Å²) in [5.41, 5.74) is -0.929. The zero-order valence-corrected chi connectivity index (χ0v) is 7.72. The van der Waals surface area contributed by atoms with Crippen molar-refractivity contribution in [2.45, 2.75) is 13.3 Å². The summed E-state index contributed by atoms with van der Waals surface area (Å²) in [5, 5.41) is 8.47. The van der Waals surface area contributed by atoms with Crippen LogP contribution in [0.3, 0.4) is 0 Å². The van der Waals surface area contributed by atoms with Crippen molar-refractivity contribution in [2.75, 3.05) is 0 Å². The number of nitrogens with one attached hydrogen (secondary N) is 1. The summed E-state index contributed by atoms with van der Waals surface area (Å²) in [6, 6.07) is 0. The van der Waals surface area contributed by atoms with Gasteiger partial charge in [-0.1, -0.05) is 6.92 Å². The average Bonchev–Trinajstić information content (AvgIpc) is 2.03. The normalized spacial score (nSPS) is 9.00. The van der Waals surface area contributed by atoms with E-state index in [4.69, 9.17) is 5.11 Å². The lowest BCUT2D eigenvalue weighted by Crippen LogP contribution is -2.19. The number of carboxylic acid groups (broad SMARTS) is 1. The highest BCUT2D eigenvalue weighted by Crippen LogP contribution is 1.90. The number of carbonyl (C=O) groups is 1. The Labute approximate surface area is 80.2 Å². The van der Waals surface area contributed by atoms with Crippen LogP contribution in [0.25, 0.3) is 0 Å². The Morgan fingerprint density at radius 1 is 1.69 bits per heavy atom. The second kappa shape index (κ2) is 4.61. The van der Waals surface area contributed by atoms with Crippen LogP contribution in [0.2, 0.25) is 0 Å². The van der Waals surface area contributed by atoms with Crippen LogP contribution in [0.1, 0.15) is 23.1 Å². The molecule has 1 aromatic heterocycles. The molecule has 0 aliphatic rings. The van der Waals surface area contributed by atoms with E-state index >= 15 is 0 Å². The molecule has 6 heteroatoms. The summed E-state index contributed by atoms with van der Waals surface area (Å²) in [6.45, 7) is 1.82. The van der Waals surface area contributed by atoms with Crippen LogP contribution in [-0.2, 0) is 6.42 Å². The smallest absolute Gasteiger partial charge is 0.342 e. The lowest BCUT2D eigenvalue weighted by molar-refractivity contribution is 0.0694. The fraction of sp³-hybridized carbons (Fsp3) is 0.286. The molecule has 0 amide bonds. The van der Waals surface area contributed by atoms with Crippen molar-refractivity contribution in [3.63, 3.8) is 0 Å². The van der Waals surface area contributed by atoms with Gasteiger partial charge in [-0.15, -0.1) is 12.4 Å². The Morgan fingerprint density at radius 2 is 2.31 bits per heavy atom. The zero-order valence-electron chi connectivity index (χ0n) is 6.90. The zero-order chi connectivity index (χ0) is 9.14. The number of carboxylic acids is 1. The molecule has 1 heterocycles. The molecule has 0 aliphatic heterocycles. The number of hydrogen-bond donors (Lipinski definition) is 2. The van der Waals surface area contributed by atoms with Crippen LogP contribution in [0.4, 0.5) is 0 Å². The molecule has 2 N–H and O–H groups in total. The SMILES string of the molecule is CCc1ncc(C(=O)O)c(=O)[nH]1.Cl. The lowest BCUT2D eigenvalue weighted by atomic mass is 10.3. The fourth-order valence-electron chi connectivity index (χ4n) is 0.764. The van der Waals surface area contributed by atoms with Crippen molar-refractivity contribution in [3.8, 4) is 0 Å². The molecule has 0 bridgehead atoms. The van der Waals surface area contributed by atoms with Crippen LogP contribution in [0.5, 0.6) is 0 Å². The molecule has 5 nitrogen and oxygen atoms in total. The Bertz CT molecular complexity index is 361. The molecule has 0 spiro atoms. The minimum atomic E-state index is -1.26. The lowest BCUT2D eigenvalue weighted by Gasteiger charge is -1.95. The topological polar surface area (TPSA) is 83.0 Å². The summed E-state index contributed by atoms with van der Waals surface area (Å²) in [4.78, 5) is 27.4. The highest BCUT2D eigenvalue weighted by Gasteiger charge is 2.08. The minimum Gasteiger partial charge on any atom is -0.477 e. The minimum absolute atomic E-state index is 0. The van der Waals surface area contributed by atoms with E-state index in [1.807, 2.05) is 6.92 Å². The van der Waals surface area contributed by atoms with Crippen molar-refractivity contribution in [2.24, 2.45) is 0 Å². The van der Waals surface area contributed by atoms with Gasteiger partial charge in [0.1, 0.15) is 11.4 Å². The molecule has 0 aliphatic carbocycles. The fourth-order valence-corrected chi connectivity index (χ4v) is 0.764. The molecule has 0 unspecified atom stereocenters. The number of aryl methyl sites for hydroxylation is 1. The first-order valence-corrected chi connectivity index (χ1v) is 3.46. The van der Waals surface area contributed by atoms with Crippen molar-refractivity contribution < 1.29 is 9.90 Å². The first kappa shape index (κ1) is 11.6. The van der Waals surface area contributed by atoms with Crippen LogP contribution >= 0.6 is 12.4 Å². The Hall–Kier alpha value is -1.36. The monoisotopic (exact) mass is 204 g/mol. The third kappa shape index (κ3) is 2.55. The van der Waals surface area contributed by atoms with Crippen LogP contribution in [0.15, 0.2) is 11.0 Å². The van der Waals surface area contributed by atoms with E-state index in [0.717, 1.165) is 6.20 Å². The van der Waals surface area contributed by atoms with Gasteiger partial charge in [0.05, 0.1) is 0 Å². The molecule has 13 heavy (non-hydrogen) atoms. The van der Waals surface area contributed by atoms with E-state index in [2.05, 4.69) is 9.97 Å². The predicted molar refractivity (Wildman–Crippen MR) is 48.4 cm³/mol. The molecule has 72 valence electrons. The molecule has 0 saturated heterocycles. The van der Waals surface area contributed by atoms with Gasteiger partial charge in [0.25, 0.3) is 5.56 Å². The van der Waals surface area contributed by atoms with Gasteiger partial charge in [-0.2, -0.15) is 0 Å². The first-order valence-electron chi connectivity index (χ1n) is 3.46. The van der Waals surface area contributed by atoms with Gasteiger partial charge in [-0.05, 0) is 0 Å². The predicted octanol–water partition coefficient (Wildman–Crippen LogP) is 0.452. The van der Waals surface area contributed by atoms with E-state index in [-0.39, 0.29) is 18.0 Å². The van der Waals surface area contributed by atoms with Crippen molar-refractivity contribution in [1.29, 1.82) is 0 Å². The summed E-state index contributed by atoms with van der Waals surface area (Å²) >= 11 is 0. The summed E-state index contributed by atoms with van der Waals surface area (Å²) in [6.07, 6.45) is 1.65. The van der Waals surface area contributed by atoms with Crippen LogP contribution in [-0.4, -0.2) is 21.0 Å². The van der Waals surface area contributed by atoms with Gasteiger partial charge in [0.15, 0.2) is 0 Å². The summed E-state index contributed by atoms with van der Waals surface area (Å²) < 4.78 is 0. The molecule has 0 radical (unpaired) electrons. The van der Waals surface area contributed by atoms with Gasteiger partial charge in [0, 0.05) is 12.6 Å². The quantitative estimate of drug-likeness (QED) is 0.733.